The molecule has 0 saturated carbocycles. The average molecular weight is 362 g/mol. The Morgan fingerprint density at radius 2 is 1.89 bits per heavy atom. The summed E-state index contributed by atoms with van der Waals surface area (Å²) in [5.41, 5.74) is 3.21. The van der Waals surface area contributed by atoms with Gasteiger partial charge in [-0.15, -0.1) is 0 Å². The van der Waals surface area contributed by atoms with Crippen LogP contribution in [0, 0.1) is 6.92 Å². The Morgan fingerprint density at radius 3 is 2.59 bits per heavy atom. The second-order valence-corrected chi connectivity index (χ2v) is 6.98. The predicted octanol–water partition coefficient (Wildman–Crippen LogP) is 3.09. The van der Waals surface area contributed by atoms with Crippen LogP contribution in [0.5, 0.6) is 0 Å². The zero-order valence-electron chi connectivity index (χ0n) is 15.2. The largest absolute Gasteiger partial charge is 0.341 e. The second kappa shape index (κ2) is 7.23. The van der Waals surface area contributed by atoms with E-state index in [-0.39, 0.29) is 11.5 Å². The highest BCUT2D eigenvalue weighted by Crippen LogP contribution is 2.28. The van der Waals surface area contributed by atoms with Gasteiger partial charge in [-0.2, -0.15) is 0 Å². The highest BCUT2D eigenvalue weighted by Gasteiger charge is 2.27. The number of rotatable bonds is 3. The van der Waals surface area contributed by atoms with Crippen LogP contribution in [0.1, 0.15) is 40.5 Å². The summed E-state index contributed by atoms with van der Waals surface area (Å²) >= 11 is 0. The lowest BCUT2D eigenvalue weighted by molar-refractivity contribution is 0.0707. The number of likely N-dealkylation sites (tertiary alicyclic amines) is 1. The van der Waals surface area contributed by atoms with E-state index in [9.17, 15) is 9.59 Å². The van der Waals surface area contributed by atoms with Crippen molar-refractivity contribution in [3.05, 3.63) is 76.0 Å². The SMILES string of the molecule is Cc1[nH]c(-c2ccccc2)nc1C(=O)N1CCC(c2cc[nH]c(=O)c2)CC1. The van der Waals surface area contributed by atoms with Gasteiger partial charge >= 0.3 is 0 Å². The van der Waals surface area contributed by atoms with E-state index >= 15 is 0 Å². The van der Waals surface area contributed by atoms with E-state index in [2.05, 4.69) is 15.0 Å². The van der Waals surface area contributed by atoms with Crippen LogP contribution in [0.25, 0.3) is 11.4 Å². The van der Waals surface area contributed by atoms with Gasteiger partial charge in [0.1, 0.15) is 11.5 Å². The van der Waals surface area contributed by atoms with Crippen LogP contribution < -0.4 is 5.56 Å². The third-order valence-electron chi connectivity index (χ3n) is 5.19. The van der Waals surface area contributed by atoms with Gasteiger partial charge in [0.25, 0.3) is 5.91 Å². The van der Waals surface area contributed by atoms with Crippen LogP contribution in [-0.4, -0.2) is 38.8 Å². The molecule has 1 aliphatic rings. The minimum atomic E-state index is -0.0772. The fourth-order valence-electron chi connectivity index (χ4n) is 3.68. The first-order chi connectivity index (χ1) is 13.1. The van der Waals surface area contributed by atoms with Crippen LogP contribution in [0.3, 0.4) is 0 Å². The zero-order valence-corrected chi connectivity index (χ0v) is 15.2. The van der Waals surface area contributed by atoms with Crippen molar-refractivity contribution >= 4 is 5.91 Å². The molecule has 27 heavy (non-hydrogen) atoms. The maximum Gasteiger partial charge on any atom is 0.274 e. The minimum absolute atomic E-state index is 0.0321. The molecule has 1 aliphatic heterocycles. The Labute approximate surface area is 157 Å². The van der Waals surface area contributed by atoms with E-state index in [0.29, 0.717) is 24.7 Å². The van der Waals surface area contributed by atoms with Crippen molar-refractivity contribution in [3.8, 4) is 11.4 Å². The second-order valence-electron chi connectivity index (χ2n) is 6.98. The van der Waals surface area contributed by atoms with Crippen molar-refractivity contribution in [1.82, 2.24) is 19.9 Å². The maximum absolute atomic E-state index is 13.0. The normalized spacial score (nSPS) is 15.1. The zero-order chi connectivity index (χ0) is 18.8. The fourth-order valence-corrected chi connectivity index (χ4v) is 3.68. The molecule has 1 amide bonds. The van der Waals surface area contributed by atoms with E-state index < -0.39 is 0 Å². The Kier molecular flexibility index (Phi) is 4.62. The van der Waals surface area contributed by atoms with Crippen molar-refractivity contribution < 1.29 is 4.79 Å². The molecule has 2 N–H and O–H groups in total. The van der Waals surface area contributed by atoms with Gasteiger partial charge in [-0.25, -0.2) is 4.98 Å². The molecule has 0 atom stereocenters. The lowest BCUT2D eigenvalue weighted by Gasteiger charge is -2.31. The van der Waals surface area contributed by atoms with E-state index in [1.54, 1.807) is 12.3 Å². The number of aromatic amines is 2. The summed E-state index contributed by atoms with van der Waals surface area (Å²) in [6.45, 7) is 3.22. The van der Waals surface area contributed by atoms with Crippen LogP contribution in [0.15, 0.2) is 53.5 Å². The summed E-state index contributed by atoms with van der Waals surface area (Å²) in [4.78, 5) is 36.8. The highest BCUT2D eigenvalue weighted by molar-refractivity contribution is 5.94. The summed E-state index contributed by atoms with van der Waals surface area (Å²) in [6, 6.07) is 13.4. The lowest BCUT2D eigenvalue weighted by atomic mass is 9.90. The molecule has 1 fully saturated rings. The van der Waals surface area contributed by atoms with Gasteiger partial charge in [-0.3, -0.25) is 9.59 Å². The molecule has 0 spiro atoms. The molecule has 6 nitrogen and oxygen atoms in total. The molecular formula is C21H22N4O2. The predicted molar refractivity (Wildman–Crippen MR) is 104 cm³/mol. The smallest absolute Gasteiger partial charge is 0.274 e. The number of H-pyrrole nitrogens is 2. The van der Waals surface area contributed by atoms with Crippen LogP contribution >= 0.6 is 0 Å². The van der Waals surface area contributed by atoms with Crippen molar-refractivity contribution in [3.63, 3.8) is 0 Å². The number of carbonyl (C=O) groups excluding carboxylic acids is 1. The van der Waals surface area contributed by atoms with Gasteiger partial charge < -0.3 is 14.9 Å². The summed E-state index contributed by atoms with van der Waals surface area (Å²) in [5.74, 6) is 1.00. The third-order valence-corrected chi connectivity index (χ3v) is 5.19. The van der Waals surface area contributed by atoms with E-state index in [1.165, 1.54) is 0 Å². The monoisotopic (exact) mass is 362 g/mol. The van der Waals surface area contributed by atoms with E-state index in [1.807, 2.05) is 48.2 Å². The number of hydrogen-bond acceptors (Lipinski definition) is 3. The van der Waals surface area contributed by atoms with Crippen LogP contribution in [0.2, 0.25) is 0 Å². The number of nitrogens with zero attached hydrogens (tertiary/aromatic N) is 2. The fraction of sp³-hybridized carbons (Fsp3) is 0.286. The summed E-state index contributed by atoms with van der Waals surface area (Å²) in [6.07, 6.45) is 3.39. The number of imidazole rings is 1. The van der Waals surface area contributed by atoms with Gasteiger partial charge in [0.05, 0.1) is 0 Å². The molecule has 3 aromatic rings. The number of nitrogens with one attached hydrogen (secondary N) is 2. The van der Waals surface area contributed by atoms with Crippen molar-refractivity contribution in [2.45, 2.75) is 25.7 Å². The number of piperidine rings is 1. The Bertz CT molecular complexity index is 998. The molecule has 1 aromatic carbocycles. The van der Waals surface area contributed by atoms with Gasteiger partial charge in [-0.05, 0) is 37.3 Å². The number of benzene rings is 1. The summed E-state index contributed by atoms with van der Waals surface area (Å²) < 4.78 is 0. The summed E-state index contributed by atoms with van der Waals surface area (Å²) in [5, 5.41) is 0. The standard InChI is InChI=1S/C21H22N4O2/c1-14-19(24-20(23-14)16-5-3-2-4-6-16)21(27)25-11-8-15(9-12-25)17-7-10-22-18(26)13-17/h2-7,10,13,15H,8-9,11-12H2,1H3,(H,22,26)(H,23,24). The maximum atomic E-state index is 13.0. The first-order valence-electron chi connectivity index (χ1n) is 9.22. The molecule has 0 aliphatic carbocycles. The number of aromatic nitrogens is 3. The van der Waals surface area contributed by atoms with E-state index in [0.717, 1.165) is 35.5 Å². The molecule has 0 unspecified atom stereocenters. The van der Waals surface area contributed by atoms with Crippen LogP contribution in [0.4, 0.5) is 0 Å². The quantitative estimate of drug-likeness (QED) is 0.751. The first kappa shape index (κ1) is 17.3. The first-order valence-corrected chi connectivity index (χ1v) is 9.22. The molecule has 0 bridgehead atoms. The third kappa shape index (κ3) is 3.56. The number of hydrogen-bond donors (Lipinski definition) is 2. The molecule has 3 heterocycles. The lowest BCUT2D eigenvalue weighted by Crippen LogP contribution is -2.38. The molecular weight excluding hydrogens is 340 g/mol. The number of aryl methyl sites for hydroxylation is 1. The van der Waals surface area contributed by atoms with Crippen molar-refractivity contribution in [1.29, 1.82) is 0 Å². The molecule has 6 heteroatoms. The van der Waals surface area contributed by atoms with Crippen LogP contribution in [-0.2, 0) is 0 Å². The minimum Gasteiger partial charge on any atom is -0.341 e. The topological polar surface area (TPSA) is 81.8 Å². The molecule has 2 aromatic heterocycles. The highest BCUT2D eigenvalue weighted by atomic mass is 16.2. The molecule has 4 rings (SSSR count). The molecule has 138 valence electrons. The molecule has 1 saturated heterocycles. The van der Waals surface area contributed by atoms with Gasteiger partial charge in [0.15, 0.2) is 0 Å². The summed E-state index contributed by atoms with van der Waals surface area (Å²) in [7, 11) is 0. The van der Waals surface area contributed by atoms with Gasteiger partial charge in [0.2, 0.25) is 5.56 Å². The van der Waals surface area contributed by atoms with E-state index in [4.69, 9.17) is 0 Å². The van der Waals surface area contributed by atoms with Gasteiger partial charge in [-0.1, -0.05) is 30.3 Å². The number of carbonyl (C=O) groups is 1. The number of amides is 1. The van der Waals surface area contributed by atoms with Gasteiger partial charge in [0, 0.05) is 36.6 Å². The van der Waals surface area contributed by atoms with Crippen molar-refractivity contribution in [2.24, 2.45) is 0 Å². The Morgan fingerprint density at radius 1 is 1.15 bits per heavy atom. The Balaban J connectivity index is 1.47. The molecule has 0 radical (unpaired) electrons. The van der Waals surface area contributed by atoms with Crippen molar-refractivity contribution in [2.75, 3.05) is 13.1 Å². The number of pyridine rings is 1. The average Bonchev–Trinajstić information content (AvgIpc) is 3.10. The Hall–Kier alpha value is -3.15.